The van der Waals surface area contributed by atoms with Gasteiger partial charge in [-0.3, -0.25) is 4.98 Å². The molecule has 4 nitrogen and oxygen atoms in total. The van der Waals surface area contributed by atoms with Gasteiger partial charge in [-0.2, -0.15) is 0 Å². The van der Waals surface area contributed by atoms with E-state index in [9.17, 15) is 4.79 Å². The molecule has 0 bridgehead atoms. The number of carbonyl (C=O) groups excluding carboxylic acids is 1. The van der Waals surface area contributed by atoms with Gasteiger partial charge in [0.1, 0.15) is 0 Å². The Bertz CT molecular complexity index is 658. The number of rotatable bonds is 2. The molecule has 0 fully saturated rings. The quantitative estimate of drug-likeness (QED) is 0.788. The summed E-state index contributed by atoms with van der Waals surface area (Å²) in [7, 11) is 1.98. The molecule has 2 aromatic heterocycles. The van der Waals surface area contributed by atoms with Crippen LogP contribution in [0.15, 0.2) is 24.5 Å². The van der Waals surface area contributed by atoms with Crippen LogP contribution in [0, 0.1) is 0 Å². The minimum Gasteiger partial charge on any atom is -0.462 e. The standard InChI is InChI=1S/C16H18N2O2/c1-3-20-16(19)12-10-18(2)13-8-4-6-11-7-5-9-17-15(11)14(12)13/h5,7,9-10H,3-4,6,8H2,1-2H3. The first-order valence-electron chi connectivity index (χ1n) is 7.02. The highest BCUT2D eigenvalue weighted by Crippen LogP contribution is 2.34. The Morgan fingerprint density at radius 2 is 2.30 bits per heavy atom. The van der Waals surface area contributed by atoms with E-state index in [1.54, 1.807) is 6.20 Å². The van der Waals surface area contributed by atoms with Crippen molar-refractivity contribution in [3.8, 4) is 11.3 Å². The monoisotopic (exact) mass is 270 g/mol. The van der Waals surface area contributed by atoms with E-state index < -0.39 is 0 Å². The topological polar surface area (TPSA) is 44.1 Å². The lowest BCUT2D eigenvalue weighted by molar-refractivity contribution is 0.0527. The number of hydrogen-bond donors (Lipinski definition) is 0. The maximum Gasteiger partial charge on any atom is 0.340 e. The van der Waals surface area contributed by atoms with Crippen LogP contribution in [0.2, 0.25) is 0 Å². The van der Waals surface area contributed by atoms with Crippen LogP contribution in [0.1, 0.15) is 35.0 Å². The minimum atomic E-state index is -0.261. The lowest BCUT2D eigenvalue weighted by Crippen LogP contribution is -2.05. The summed E-state index contributed by atoms with van der Waals surface area (Å²) < 4.78 is 7.22. The molecule has 2 heterocycles. The SMILES string of the molecule is CCOC(=O)c1cn(C)c2c1-c1ncccc1CCC2. The predicted molar refractivity (Wildman–Crippen MR) is 76.6 cm³/mol. The zero-order chi connectivity index (χ0) is 14.1. The molecule has 0 aromatic carbocycles. The van der Waals surface area contributed by atoms with Crippen LogP contribution in [-0.2, 0) is 24.6 Å². The Morgan fingerprint density at radius 1 is 1.45 bits per heavy atom. The molecule has 3 rings (SSSR count). The molecule has 104 valence electrons. The summed E-state index contributed by atoms with van der Waals surface area (Å²) in [5.41, 5.74) is 4.91. The number of ether oxygens (including phenoxy) is 1. The number of carbonyl (C=O) groups is 1. The van der Waals surface area contributed by atoms with E-state index in [1.165, 1.54) is 11.3 Å². The van der Waals surface area contributed by atoms with Crippen molar-refractivity contribution in [2.45, 2.75) is 26.2 Å². The van der Waals surface area contributed by atoms with Gasteiger partial charge < -0.3 is 9.30 Å². The van der Waals surface area contributed by atoms with Crippen LogP contribution in [0.25, 0.3) is 11.3 Å². The summed E-state index contributed by atoms with van der Waals surface area (Å²) in [6.45, 7) is 2.21. The van der Waals surface area contributed by atoms with Gasteiger partial charge in [0.25, 0.3) is 0 Å². The minimum absolute atomic E-state index is 0.261. The summed E-state index contributed by atoms with van der Waals surface area (Å²) >= 11 is 0. The highest BCUT2D eigenvalue weighted by molar-refractivity contribution is 5.98. The second kappa shape index (κ2) is 5.12. The zero-order valence-electron chi connectivity index (χ0n) is 11.8. The fraction of sp³-hybridized carbons (Fsp3) is 0.375. The van der Waals surface area contributed by atoms with Gasteiger partial charge >= 0.3 is 5.97 Å². The second-order valence-electron chi connectivity index (χ2n) is 5.06. The molecule has 0 saturated heterocycles. The molecular weight excluding hydrogens is 252 g/mol. The van der Waals surface area contributed by atoms with Crippen molar-refractivity contribution in [2.24, 2.45) is 7.05 Å². The number of nitrogens with zero attached hydrogens (tertiary/aromatic N) is 2. The first kappa shape index (κ1) is 12.9. The van der Waals surface area contributed by atoms with Crippen molar-refractivity contribution in [3.05, 3.63) is 41.3 Å². The Morgan fingerprint density at radius 3 is 3.10 bits per heavy atom. The van der Waals surface area contributed by atoms with Crippen LogP contribution < -0.4 is 0 Å². The largest absolute Gasteiger partial charge is 0.462 e. The molecule has 0 N–H and O–H groups in total. The average Bonchev–Trinajstić information content (AvgIpc) is 2.66. The molecule has 20 heavy (non-hydrogen) atoms. The van der Waals surface area contributed by atoms with Gasteiger partial charge in [-0.15, -0.1) is 0 Å². The van der Waals surface area contributed by atoms with Crippen molar-refractivity contribution in [1.29, 1.82) is 0 Å². The first-order valence-corrected chi connectivity index (χ1v) is 7.02. The van der Waals surface area contributed by atoms with Crippen molar-refractivity contribution in [2.75, 3.05) is 6.61 Å². The van der Waals surface area contributed by atoms with Crippen molar-refractivity contribution in [3.63, 3.8) is 0 Å². The number of aromatic nitrogens is 2. The number of aryl methyl sites for hydroxylation is 2. The van der Waals surface area contributed by atoms with Crippen molar-refractivity contribution >= 4 is 5.97 Å². The van der Waals surface area contributed by atoms with E-state index in [0.717, 1.165) is 30.5 Å². The molecule has 0 atom stereocenters. The third-order valence-electron chi connectivity index (χ3n) is 3.79. The summed E-state index contributed by atoms with van der Waals surface area (Å²) in [6, 6.07) is 4.05. The Labute approximate surface area is 118 Å². The number of hydrogen-bond acceptors (Lipinski definition) is 3. The maximum atomic E-state index is 12.2. The van der Waals surface area contributed by atoms with Crippen molar-refractivity contribution < 1.29 is 9.53 Å². The van der Waals surface area contributed by atoms with E-state index in [1.807, 2.05) is 30.8 Å². The average molecular weight is 270 g/mol. The van der Waals surface area contributed by atoms with Gasteiger partial charge in [0.2, 0.25) is 0 Å². The molecule has 0 amide bonds. The summed E-state index contributed by atoms with van der Waals surface area (Å²) in [4.78, 5) is 16.7. The third-order valence-corrected chi connectivity index (χ3v) is 3.79. The van der Waals surface area contributed by atoms with E-state index in [4.69, 9.17) is 4.74 Å². The van der Waals surface area contributed by atoms with Gasteiger partial charge in [-0.25, -0.2) is 4.79 Å². The predicted octanol–water partition coefficient (Wildman–Crippen LogP) is 2.75. The maximum absolute atomic E-state index is 12.2. The third kappa shape index (κ3) is 2.01. The van der Waals surface area contributed by atoms with Gasteiger partial charge in [-0.05, 0) is 37.8 Å². The molecule has 2 aromatic rings. The molecule has 0 radical (unpaired) electrons. The van der Waals surface area contributed by atoms with Gasteiger partial charge in [0.15, 0.2) is 0 Å². The summed E-state index contributed by atoms with van der Waals surface area (Å²) in [6.07, 6.45) is 6.69. The van der Waals surface area contributed by atoms with Crippen LogP contribution in [-0.4, -0.2) is 22.1 Å². The van der Waals surface area contributed by atoms with E-state index >= 15 is 0 Å². The summed E-state index contributed by atoms with van der Waals surface area (Å²) in [5, 5.41) is 0. The highest BCUT2D eigenvalue weighted by atomic mass is 16.5. The molecule has 4 heteroatoms. The first-order chi connectivity index (χ1) is 9.72. The van der Waals surface area contributed by atoms with Crippen LogP contribution >= 0.6 is 0 Å². The molecule has 0 unspecified atom stereocenters. The fourth-order valence-electron chi connectivity index (χ4n) is 2.91. The molecule has 0 saturated carbocycles. The number of fused-ring (bicyclic) bond motifs is 3. The highest BCUT2D eigenvalue weighted by Gasteiger charge is 2.26. The van der Waals surface area contributed by atoms with Crippen LogP contribution in [0.5, 0.6) is 0 Å². The van der Waals surface area contributed by atoms with Gasteiger partial charge in [0, 0.05) is 30.7 Å². The normalized spacial score (nSPS) is 13.3. The number of pyridine rings is 1. The molecular formula is C16H18N2O2. The smallest absolute Gasteiger partial charge is 0.340 e. The second-order valence-corrected chi connectivity index (χ2v) is 5.06. The van der Waals surface area contributed by atoms with Gasteiger partial charge in [0.05, 0.1) is 17.9 Å². The lowest BCUT2D eigenvalue weighted by atomic mass is 10.0. The Balaban J connectivity index is 2.22. The van der Waals surface area contributed by atoms with Crippen LogP contribution in [0.4, 0.5) is 0 Å². The Kier molecular flexibility index (Phi) is 3.30. The van der Waals surface area contributed by atoms with E-state index in [2.05, 4.69) is 11.1 Å². The lowest BCUT2D eigenvalue weighted by Gasteiger charge is -2.07. The fourth-order valence-corrected chi connectivity index (χ4v) is 2.91. The van der Waals surface area contributed by atoms with E-state index in [0.29, 0.717) is 12.2 Å². The molecule has 1 aliphatic rings. The molecule has 0 spiro atoms. The van der Waals surface area contributed by atoms with E-state index in [-0.39, 0.29) is 5.97 Å². The number of esters is 1. The Hall–Kier alpha value is -2.10. The zero-order valence-corrected chi connectivity index (χ0v) is 11.8. The van der Waals surface area contributed by atoms with Gasteiger partial charge in [-0.1, -0.05) is 6.07 Å². The molecule has 0 aliphatic heterocycles. The summed E-state index contributed by atoms with van der Waals surface area (Å²) in [5.74, 6) is -0.261. The van der Waals surface area contributed by atoms with Crippen molar-refractivity contribution in [1.82, 2.24) is 9.55 Å². The molecule has 1 aliphatic carbocycles. The van der Waals surface area contributed by atoms with Crippen LogP contribution in [0.3, 0.4) is 0 Å².